The van der Waals surface area contributed by atoms with Crippen molar-refractivity contribution >= 4 is 22.5 Å². The Morgan fingerprint density at radius 2 is 1.83 bits per heavy atom. The Kier molecular flexibility index (Phi) is 2.97. The molecule has 0 fully saturated rings. The Labute approximate surface area is 133 Å². The van der Waals surface area contributed by atoms with Crippen molar-refractivity contribution in [2.75, 3.05) is 5.32 Å². The highest BCUT2D eigenvalue weighted by molar-refractivity contribution is 6.05. The predicted octanol–water partition coefficient (Wildman–Crippen LogP) is 4.49. The fourth-order valence-electron chi connectivity index (χ4n) is 3.02. The lowest BCUT2D eigenvalue weighted by atomic mass is 10.0. The molecule has 24 heavy (non-hydrogen) atoms. The first kappa shape index (κ1) is 14.7. The van der Waals surface area contributed by atoms with Gasteiger partial charge in [-0.2, -0.15) is 13.2 Å². The number of anilines is 1. The molecule has 1 aliphatic heterocycles. The fourth-order valence-corrected chi connectivity index (χ4v) is 3.02. The second-order valence-electron chi connectivity index (χ2n) is 5.65. The lowest BCUT2D eigenvalue weighted by Gasteiger charge is -2.07. The third-order valence-corrected chi connectivity index (χ3v) is 4.10. The topological polar surface area (TPSA) is 44.9 Å². The molecule has 1 aliphatic rings. The highest BCUT2D eigenvalue weighted by Gasteiger charge is 2.32. The van der Waals surface area contributed by atoms with Gasteiger partial charge in [-0.05, 0) is 42.0 Å². The van der Waals surface area contributed by atoms with Crippen LogP contribution in [-0.2, 0) is 17.4 Å². The largest absolute Gasteiger partial charge is 0.416 e. The minimum absolute atomic E-state index is 0.0903. The third kappa shape index (κ3) is 2.24. The van der Waals surface area contributed by atoms with Crippen LogP contribution in [-0.4, -0.2) is 10.9 Å². The summed E-state index contributed by atoms with van der Waals surface area (Å²) in [5.74, 6) is -0.856. The third-order valence-electron chi connectivity index (χ3n) is 4.10. The number of alkyl halides is 3. The highest BCUT2D eigenvalue weighted by Crippen LogP contribution is 2.39. The first-order chi connectivity index (χ1) is 11.3. The molecule has 0 radical (unpaired) electrons. The number of aromatic amines is 1. The fraction of sp³-hybridized carbons (Fsp3) is 0.118. The van der Waals surface area contributed by atoms with Crippen molar-refractivity contribution < 1.29 is 22.4 Å². The van der Waals surface area contributed by atoms with E-state index >= 15 is 0 Å². The maximum Gasteiger partial charge on any atom is 0.416 e. The molecule has 7 heteroatoms. The molecule has 1 aromatic heterocycles. The summed E-state index contributed by atoms with van der Waals surface area (Å²) in [6, 6.07) is 7.22. The van der Waals surface area contributed by atoms with Gasteiger partial charge in [-0.25, -0.2) is 4.39 Å². The zero-order valence-corrected chi connectivity index (χ0v) is 12.1. The van der Waals surface area contributed by atoms with Crippen LogP contribution >= 0.6 is 0 Å². The zero-order chi connectivity index (χ0) is 17.1. The monoisotopic (exact) mass is 334 g/mol. The van der Waals surface area contributed by atoms with Crippen molar-refractivity contribution in [3.8, 4) is 11.3 Å². The molecule has 0 unspecified atom stereocenters. The summed E-state index contributed by atoms with van der Waals surface area (Å²) in [5.41, 5.74) is 1.40. The number of carbonyl (C=O) groups excluding carboxylic acids is 1. The lowest BCUT2D eigenvalue weighted by Crippen LogP contribution is -2.12. The molecule has 0 spiro atoms. The number of rotatable bonds is 0. The summed E-state index contributed by atoms with van der Waals surface area (Å²) in [4.78, 5) is 15.1. The SMILES string of the molecule is O=C1Cc2c([nH]c3ccc(C(F)(F)F)cc23)-c2cc(F)ccc2N1. The van der Waals surface area contributed by atoms with E-state index in [1.165, 1.54) is 24.3 Å². The Bertz CT molecular complexity index is 988. The molecule has 3 aromatic rings. The van der Waals surface area contributed by atoms with Crippen LogP contribution in [0.15, 0.2) is 36.4 Å². The Morgan fingerprint density at radius 3 is 2.58 bits per heavy atom. The van der Waals surface area contributed by atoms with Crippen LogP contribution in [0.4, 0.5) is 23.2 Å². The van der Waals surface area contributed by atoms with Crippen molar-refractivity contribution in [2.45, 2.75) is 12.6 Å². The van der Waals surface area contributed by atoms with E-state index < -0.39 is 17.6 Å². The smallest absolute Gasteiger partial charge is 0.354 e. The summed E-state index contributed by atoms with van der Waals surface area (Å²) in [5, 5.41) is 2.96. The van der Waals surface area contributed by atoms with Gasteiger partial charge in [0.15, 0.2) is 0 Å². The molecule has 0 aliphatic carbocycles. The average Bonchev–Trinajstić information content (AvgIpc) is 2.79. The number of fused-ring (bicyclic) bond motifs is 5. The van der Waals surface area contributed by atoms with Crippen LogP contribution in [0.1, 0.15) is 11.1 Å². The maximum atomic E-state index is 13.6. The Balaban J connectivity index is 2.03. The molecule has 2 aromatic carbocycles. The molecule has 2 heterocycles. The number of carbonyl (C=O) groups is 1. The predicted molar refractivity (Wildman–Crippen MR) is 81.0 cm³/mol. The molecular weight excluding hydrogens is 324 g/mol. The average molecular weight is 334 g/mol. The normalized spacial score (nSPS) is 14.1. The summed E-state index contributed by atoms with van der Waals surface area (Å²) in [7, 11) is 0. The van der Waals surface area contributed by atoms with Crippen molar-refractivity contribution in [1.82, 2.24) is 4.98 Å². The van der Waals surface area contributed by atoms with Crippen molar-refractivity contribution in [2.24, 2.45) is 0 Å². The molecule has 4 rings (SSSR count). The molecule has 0 saturated carbocycles. The van der Waals surface area contributed by atoms with E-state index in [-0.39, 0.29) is 12.3 Å². The minimum atomic E-state index is -4.48. The highest BCUT2D eigenvalue weighted by atomic mass is 19.4. The van der Waals surface area contributed by atoms with Gasteiger partial charge in [0, 0.05) is 16.5 Å². The maximum absolute atomic E-state index is 13.6. The standard InChI is InChI=1S/C17H10F4N2O/c18-9-2-4-14-12(6-9)16-11(7-15(24)22-14)10-5-8(17(19,20)21)1-3-13(10)23-16/h1-6,23H,7H2,(H,22,24). The van der Waals surface area contributed by atoms with Gasteiger partial charge >= 0.3 is 6.18 Å². The molecule has 3 nitrogen and oxygen atoms in total. The number of hydrogen-bond donors (Lipinski definition) is 2. The van der Waals surface area contributed by atoms with Gasteiger partial charge in [0.2, 0.25) is 5.91 Å². The number of amides is 1. The van der Waals surface area contributed by atoms with Crippen LogP contribution in [0.25, 0.3) is 22.2 Å². The summed E-state index contributed by atoms with van der Waals surface area (Å²) in [6.45, 7) is 0. The van der Waals surface area contributed by atoms with E-state index in [0.29, 0.717) is 33.4 Å². The lowest BCUT2D eigenvalue weighted by molar-refractivity contribution is -0.137. The van der Waals surface area contributed by atoms with Crippen LogP contribution in [0.2, 0.25) is 0 Å². The second kappa shape index (κ2) is 4.83. The van der Waals surface area contributed by atoms with Crippen molar-refractivity contribution in [3.05, 3.63) is 53.3 Å². The number of halogens is 4. The second-order valence-corrected chi connectivity index (χ2v) is 5.65. The van der Waals surface area contributed by atoms with Crippen LogP contribution < -0.4 is 5.32 Å². The van der Waals surface area contributed by atoms with E-state index in [1.54, 1.807) is 0 Å². The number of H-pyrrole nitrogens is 1. The quantitative estimate of drug-likeness (QED) is 0.585. The van der Waals surface area contributed by atoms with E-state index in [9.17, 15) is 22.4 Å². The Hall–Kier alpha value is -2.83. The van der Waals surface area contributed by atoms with Gasteiger partial charge in [-0.1, -0.05) is 0 Å². The molecule has 1 amide bonds. The van der Waals surface area contributed by atoms with Crippen molar-refractivity contribution in [3.63, 3.8) is 0 Å². The minimum Gasteiger partial charge on any atom is -0.354 e. The molecule has 2 N–H and O–H groups in total. The number of benzene rings is 2. The molecule has 0 saturated heterocycles. The summed E-state index contributed by atoms with van der Waals surface area (Å²) in [6.07, 6.45) is -4.57. The van der Waals surface area contributed by atoms with Crippen LogP contribution in [0.5, 0.6) is 0 Å². The van der Waals surface area contributed by atoms with E-state index in [1.807, 2.05) is 0 Å². The molecule has 122 valence electrons. The number of aromatic nitrogens is 1. The van der Waals surface area contributed by atoms with Crippen molar-refractivity contribution in [1.29, 1.82) is 0 Å². The van der Waals surface area contributed by atoms with E-state index in [0.717, 1.165) is 12.1 Å². The van der Waals surface area contributed by atoms with Gasteiger partial charge in [-0.3, -0.25) is 4.79 Å². The Morgan fingerprint density at radius 1 is 1.04 bits per heavy atom. The van der Waals surface area contributed by atoms with E-state index in [4.69, 9.17) is 0 Å². The number of nitrogens with one attached hydrogen (secondary N) is 2. The van der Waals surface area contributed by atoms with Gasteiger partial charge in [0.25, 0.3) is 0 Å². The molecule has 0 atom stereocenters. The van der Waals surface area contributed by atoms with Gasteiger partial charge in [0.1, 0.15) is 5.82 Å². The van der Waals surface area contributed by atoms with Gasteiger partial charge in [0.05, 0.1) is 23.4 Å². The molecule has 0 bridgehead atoms. The van der Waals surface area contributed by atoms with Gasteiger partial charge in [-0.15, -0.1) is 0 Å². The number of hydrogen-bond acceptors (Lipinski definition) is 1. The summed E-state index contributed by atoms with van der Waals surface area (Å²) < 4.78 is 52.5. The first-order valence-corrected chi connectivity index (χ1v) is 7.14. The van der Waals surface area contributed by atoms with E-state index in [2.05, 4.69) is 10.3 Å². The molecular formula is C17H10F4N2O. The van der Waals surface area contributed by atoms with Crippen LogP contribution in [0.3, 0.4) is 0 Å². The van der Waals surface area contributed by atoms with Crippen LogP contribution in [0, 0.1) is 5.82 Å². The first-order valence-electron chi connectivity index (χ1n) is 7.14. The zero-order valence-electron chi connectivity index (χ0n) is 12.1. The summed E-state index contributed by atoms with van der Waals surface area (Å²) >= 11 is 0. The van der Waals surface area contributed by atoms with Gasteiger partial charge < -0.3 is 10.3 Å².